The Bertz CT molecular complexity index is 356. The summed E-state index contributed by atoms with van der Waals surface area (Å²) in [7, 11) is 0. The number of rotatable bonds is 13. The summed E-state index contributed by atoms with van der Waals surface area (Å²) >= 11 is 0. The molecule has 0 heterocycles. The Morgan fingerprint density at radius 3 is 2.23 bits per heavy atom. The van der Waals surface area contributed by atoms with E-state index in [1.54, 1.807) is 6.08 Å². The van der Waals surface area contributed by atoms with Crippen molar-refractivity contribution < 1.29 is 15.0 Å². The summed E-state index contributed by atoms with van der Waals surface area (Å²) < 4.78 is 0. The number of aliphatic carboxylic acids is 1. The lowest BCUT2D eigenvalue weighted by atomic mass is 10.0. The molecule has 2 atom stereocenters. The van der Waals surface area contributed by atoms with Crippen LogP contribution in [0.2, 0.25) is 0 Å². The molecule has 0 aliphatic carbocycles. The van der Waals surface area contributed by atoms with E-state index < -0.39 is 12.1 Å². The van der Waals surface area contributed by atoms with Crippen molar-refractivity contribution in [1.82, 2.24) is 0 Å². The fourth-order valence-corrected chi connectivity index (χ4v) is 2.11. The van der Waals surface area contributed by atoms with E-state index in [-0.39, 0.29) is 6.42 Å². The lowest BCUT2D eigenvalue weighted by Gasteiger charge is -2.03. The first-order chi connectivity index (χ1) is 10.6. The van der Waals surface area contributed by atoms with Crippen LogP contribution in [0.1, 0.15) is 65.2 Å². The normalized spacial score (nSPS) is 15.0. The zero-order chi connectivity index (χ0) is 16.6. The largest absolute Gasteiger partial charge is 0.481 e. The van der Waals surface area contributed by atoms with Crippen molar-refractivity contribution in [3.8, 4) is 0 Å². The van der Waals surface area contributed by atoms with Crippen LogP contribution in [-0.4, -0.2) is 22.3 Å². The second-order valence-corrected chi connectivity index (χ2v) is 5.83. The fraction of sp³-hybridized carbons (Fsp3) is 0.632. The summed E-state index contributed by atoms with van der Waals surface area (Å²) in [6.45, 7) is 4.45. The van der Waals surface area contributed by atoms with Crippen molar-refractivity contribution in [3.05, 3.63) is 36.5 Å². The average Bonchev–Trinajstić information content (AvgIpc) is 2.47. The molecule has 2 unspecified atom stereocenters. The zero-order valence-electron chi connectivity index (χ0n) is 14.1. The van der Waals surface area contributed by atoms with Gasteiger partial charge in [-0.25, -0.2) is 0 Å². The molecular weight excluding hydrogens is 276 g/mol. The molecule has 126 valence electrons. The fourth-order valence-electron chi connectivity index (χ4n) is 2.11. The van der Waals surface area contributed by atoms with Crippen LogP contribution in [0.25, 0.3) is 0 Å². The molecule has 0 spiro atoms. The molecule has 0 aliphatic rings. The molecule has 3 nitrogen and oxygen atoms in total. The minimum Gasteiger partial charge on any atom is -0.481 e. The number of aliphatic hydroxyl groups excluding tert-OH is 1. The van der Waals surface area contributed by atoms with Gasteiger partial charge in [0.2, 0.25) is 0 Å². The van der Waals surface area contributed by atoms with Gasteiger partial charge in [-0.05, 0) is 31.6 Å². The van der Waals surface area contributed by atoms with Gasteiger partial charge in [0, 0.05) is 6.42 Å². The van der Waals surface area contributed by atoms with Crippen molar-refractivity contribution in [2.45, 2.75) is 71.3 Å². The summed E-state index contributed by atoms with van der Waals surface area (Å²) in [5.74, 6) is -0.163. The first-order valence-electron chi connectivity index (χ1n) is 8.47. The van der Waals surface area contributed by atoms with Crippen molar-refractivity contribution in [1.29, 1.82) is 0 Å². The molecule has 2 N–H and O–H groups in total. The SMILES string of the molecule is CCCCCC(C)/C=C/C=C\C=C/C(O)CCCCC(=O)O. The van der Waals surface area contributed by atoms with Gasteiger partial charge in [-0.1, -0.05) is 69.6 Å². The smallest absolute Gasteiger partial charge is 0.303 e. The minimum absolute atomic E-state index is 0.178. The van der Waals surface area contributed by atoms with Gasteiger partial charge in [0.05, 0.1) is 6.10 Å². The van der Waals surface area contributed by atoms with Crippen molar-refractivity contribution >= 4 is 5.97 Å². The molecule has 0 aliphatic heterocycles. The summed E-state index contributed by atoms with van der Waals surface area (Å²) in [5, 5.41) is 18.2. The van der Waals surface area contributed by atoms with Crippen LogP contribution in [0, 0.1) is 5.92 Å². The van der Waals surface area contributed by atoms with Crippen LogP contribution in [0.15, 0.2) is 36.5 Å². The second-order valence-electron chi connectivity index (χ2n) is 5.83. The molecule has 0 amide bonds. The van der Waals surface area contributed by atoms with Gasteiger partial charge in [-0.2, -0.15) is 0 Å². The Hall–Kier alpha value is -1.35. The molecule has 0 aromatic rings. The van der Waals surface area contributed by atoms with Gasteiger partial charge in [0.1, 0.15) is 0 Å². The molecule has 3 heteroatoms. The van der Waals surface area contributed by atoms with Gasteiger partial charge >= 0.3 is 5.97 Å². The Balaban J connectivity index is 3.74. The van der Waals surface area contributed by atoms with E-state index in [4.69, 9.17) is 5.11 Å². The van der Waals surface area contributed by atoms with Crippen molar-refractivity contribution in [2.24, 2.45) is 5.92 Å². The number of hydrogen-bond acceptors (Lipinski definition) is 2. The topological polar surface area (TPSA) is 57.5 Å². The highest BCUT2D eigenvalue weighted by Gasteiger charge is 2.00. The molecule has 0 saturated carbocycles. The van der Waals surface area contributed by atoms with Gasteiger partial charge in [-0.3, -0.25) is 4.79 Å². The molecule has 0 rings (SSSR count). The van der Waals surface area contributed by atoms with Gasteiger partial charge in [0.15, 0.2) is 0 Å². The third-order valence-corrected chi connectivity index (χ3v) is 3.51. The van der Waals surface area contributed by atoms with Gasteiger partial charge < -0.3 is 10.2 Å². The predicted octanol–water partition coefficient (Wildman–Crippen LogP) is 4.88. The molecule has 0 aromatic carbocycles. The summed E-state index contributed by atoms with van der Waals surface area (Å²) in [5.41, 5.74) is 0. The maximum Gasteiger partial charge on any atom is 0.303 e. The maximum absolute atomic E-state index is 10.3. The number of carbonyl (C=O) groups is 1. The Kier molecular flexibility index (Phi) is 13.7. The van der Waals surface area contributed by atoms with Crippen LogP contribution in [-0.2, 0) is 4.79 Å². The van der Waals surface area contributed by atoms with Crippen LogP contribution in [0.5, 0.6) is 0 Å². The van der Waals surface area contributed by atoms with E-state index in [1.165, 1.54) is 25.7 Å². The monoisotopic (exact) mass is 308 g/mol. The van der Waals surface area contributed by atoms with E-state index in [9.17, 15) is 9.90 Å². The summed E-state index contributed by atoms with van der Waals surface area (Å²) in [6, 6.07) is 0. The lowest BCUT2D eigenvalue weighted by Crippen LogP contribution is -2.02. The third-order valence-electron chi connectivity index (χ3n) is 3.51. The standard InChI is InChI=1S/C19H32O3/c1-3-4-7-12-17(2)13-8-5-6-9-14-18(20)15-10-11-16-19(21)22/h5-6,8-9,13-14,17-18,20H,3-4,7,10-12,15-16H2,1-2H3,(H,21,22)/b6-5-,13-8+,14-9-. The van der Waals surface area contributed by atoms with Crippen molar-refractivity contribution in [3.63, 3.8) is 0 Å². The molecule has 0 radical (unpaired) electrons. The summed E-state index contributed by atoms with van der Waals surface area (Å²) in [6.07, 6.45) is 18.5. The van der Waals surface area contributed by atoms with Crippen molar-refractivity contribution in [2.75, 3.05) is 0 Å². The van der Waals surface area contributed by atoms with Gasteiger partial charge in [0.25, 0.3) is 0 Å². The van der Waals surface area contributed by atoms with E-state index >= 15 is 0 Å². The van der Waals surface area contributed by atoms with Gasteiger partial charge in [-0.15, -0.1) is 0 Å². The van der Waals surface area contributed by atoms with E-state index in [0.29, 0.717) is 18.8 Å². The maximum atomic E-state index is 10.3. The molecule has 0 saturated heterocycles. The number of carboxylic acid groups (broad SMARTS) is 1. The van der Waals surface area contributed by atoms with E-state index in [2.05, 4.69) is 26.0 Å². The zero-order valence-corrected chi connectivity index (χ0v) is 14.1. The number of aliphatic hydroxyl groups is 1. The molecule has 0 bridgehead atoms. The highest BCUT2D eigenvalue weighted by molar-refractivity contribution is 5.66. The number of hydrogen-bond donors (Lipinski definition) is 2. The molecular formula is C19H32O3. The minimum atomic E-state index is -0.774. The lowest BCUT2D eigenvalue weighted by molar-refractivity contribution is -0.137. The van der Waals surface area contributed by atoms with Crippen LogP contribution in [0.3, 0.4) is 0 Å². The van der Waals surface area contributed by atoms with E-state index in [0.717, 1.165) is 6.42 Å². The molecule has 22 heavy (non-hydrogen) atoms. The Labute approximate surface area is 135 Å². The average molecular weight is 308 g/mol. The molecule has 0 fully saturated rings. The van der Waals surface area contributed by atoms with Crippen LogP contribution < -0.4 is 0 Å². The number of allylic oxidation sites excluding steroid dienone is 5. The highest BCUT2D eigenvalue weighted by Crippen LogP contribution is 2.10. The second kappa shape index (κ2) is 14.6. The predicted molar refractivity (Wildman–Crippen MR) is 92.8 cm³/mol. The number of carboxylic acids is 1. The first kappa shape index (κ1) is 20.6. The summed E-state index contributed by atoms with van der Waals surface area (Å²) in [4.78, 5) is 10.3. The first-order valence-corrected chi connectivity index (χ1v) is 8.47. The Morgan fingerprint density at radius 2 is 1.59 bits per heavy atom. The quantitative estimate of drug-likeness (QED) is 0.377. The highest BCUT2D eigenvalue weighted by atomic mass is 16.4. The molecule has 0 aromatic heterocycles. The van der Waals surface area contributed by atoms with Crippen LogP contribution in [0.4, 0.5) is 0 Å². The Morgan fingerprint density at radius 1 is 0.955 bits per heavy atom. The third kappa shape index (κ3) is 15.0. The van der Waals surface area contributed by atoms with Crippen LogP contribution >= 0.6 is 0 Å². The number of unbranched alkanes of at least 4 members (excludes halogenated alkanes) is 3. The van der Waals surface area contributed by atoms with E-state index in [1.807, 2.05) is 18.2 Å².